The van der Waals surface area contributed by atoms with Crippen molar-refractivity contribution in [3.8, 4) is 11.5 Å². The zero-order chi connectivity index (χ0) is 15.2. The van der Waals surface area contributed by atoms with Crippen LogP contribution < -0.4 is 10.1 Å². The first kappa shape index (κ1) is 15.5. The number of hydrogen-bond donors (Lipinski definition) is 1. The van der Waals surface area contributed by atoms with Gasteiger partial charge in [-0.2, -0.15) is 0 Å². The fraction of sp³-hybridized carbons (Fsp3) is 0.389. The Morgan fingerprint density at radius 1 is 1.19 bits per heavy atom. The van der Waals surface area contributed by atoms with Crippen molar-refractivity contribution >= 4 is 0 Å². The first-order valence-corrected chi connectivity index (χ1v) is 7.53. The Hall–Kier alpha value is -1.87. The molecule has 0 spiro atoms. The third kappa shape index (κ3) is 4.30. The van der Waals surface area contributed by atoms with Crippen LogP contribution in [0.1, 0.15) is 43.4 Å². The fourth-order valence-electron chi connectivity index (χ4n) is 2.10. The molecule has 0 aliphatic heterocycles. The number of aryl methyl sites for hydroxylation is 1. The highest BCUT2D eigenvalue weighted by Gasteiger charge is 2.06. The molecule has 3 heteroatoms. The first-order chi connectivity index (χ1) is 10.1. The smallest absolute Gasteiger partial charge is 0.146 e. The van der Waals surface area contributed by atoms with Crippen LogP contribution in [-0.2, 0) is 6.54 Å². The molecule has 112 valence electrons. The van der Waals surface area contributed by atoms with Gasteiger partial charge in [-0.05, 0) is 48.2 Å². The molecular weight excluding hydrogens is 260 g/mol. The van der Waals surface area contributed by atoms with Crippen molar-refractivity contribution in [3.05, 3.63) is 53.3 Å². The summed E-state index contributed by atoms with van der Waals surface area (Å²) in [7, 11) is 0. The lowest BCUT2D eigenvalue weighted by molar-refractivity contribution is 0.474. The summed E-state index contributed by atoms with van der Waals surface area (Å²) < 4.78 is 6.03. The number of aromatic nitrogens is 1. The quantitative estimate of drug-likeness (QED) is 0.853. The Morgan fingerprint density at radius 3 is 2.71 bits per heavy atom. The Morgan fingerprint density at radius 2 is 2.00 bits per heavy atom. The number of hydrogen-bond acceptors (Lipinski definition) is 3. The van der Waals surface area contributed by atoms with E-state index in [-0.39, 0.29) is 0 Å². The van der Waals surface area contributed by atoms with E-state index in [1.807, 2.05) is 12.3 Å². The number of benzene rings is 1. The monoisotopic (exact) mass is 284 g/mol. The molecule has 0 aliphatic carbocycles. The summed E-state index contributed by atoms with van der Waals surface area (Å²) in [5, 5.41) is 3.30. The van der Waals surface area contributed by atoms with Gasteiger partial charge >= 0.3 is 0 Å². The van der Waals surface area contributed by atoms with E-state index >= 15 is 0 Å². The van der Waals surface area contributed by atoms with Gasteiger partial charge in [-0.3, -0.25) is 4.98 Å². The average molecular weight is 284 g/mol. The summed E-state index contributed by atoms with van der Waals surface area (Å²) in [6.07, 6.45) is 3.63. The van der Waals surface area contributed by atoms with Gasteiger partial charge in [0.05, 0.1) is 6.20 Å². The Labute approximate surface area is 127 Å². The van der Waals surface area contributed by atoms with E-state index < -0.39 is 0 Å². The number of ether oxygens (including phenoxy) is 1. The third-order valence-corrected chi connectivity index (χ3v) is 3.46. The maximum absolute atomic E-state index is 6.03. The molecule has 0 radical (unpaired) electrons. The van der Waals surface area contributed by atoms with E-state index in [0.717, 1.165) is 35.7 Å². The molecule has 2 rings (SSSR count). The maximum Gasteiger partial charge on any atom is 0.146 e. The molecule has 0 bridgehead atoms. The molecule has 1 N–H and O–H groups in total. The average Bonchev–Trinajstić information content (AvgIpc) is 2.47. The third-order valence-electron chi connectivity index (χ3n) is 3.46. The predicted molar refractivity (Wildman–Crippen MR) is 87.0 cm³/mol. The SMILES string of the molecule is CCNCc1cncc(Oc2cc(C(C)C)ccc2C)c1. The minimum absolute atomic E-state index is 0.492. The van der Waals surface area contributed by atoms with Crippen molar-refractivity contribution in [1.82, 2.24) is 10.3 Å². The maximum atomic E-state index is 6.03. The second kappa shape index (κ2) is 7.23. The van der Waals surface area contributed by atoms with Gasteiger partial charge in [0.15, 0.2) is 0 Å². The lowest BCUT2D eigenvalue weighted by Crippen LogP contribution is -2.11. The van der Waals surface area contributed by atoms with Crippen LogP contribution in [0.2, 0.25) is 0 Å². The molecule has 0 saturated carbocycles. The molecule has 1 aromatic carbocycles. The molecular formula is C18H24N2O. The standard InChI is InChI=1S/C18H24N2O/c1-5-19-10-15-8-17(12-20-11-15)21-18-9-16(13(2)3)7-6-14(18)4/h6-9,11-13,19H,5,10H2,1-4H3. The lowest BCUT2D eigenvalue weighted by atomic mass is 10.0. The van der Waals surface area contributed by atoms with E-state index in [2.05, 4.69) is 56.2 Å². The van der Waals surface area contributed by atoms with Crippen molar-refractivity contribution in [2.24, 2.45) is 0 Å². The van der Waals surface area contributed by atoms with Crippen LogP contribution >= 0.6 is 0 Å². The van der Waals surface area contributed by atoms with E-state index in [1.54, 1.807) is 6.20 Å². The molecule has 0 amide bonds. The number of pyridine rings is 1. The van der Waals surface area contributed by atoms with Crippen LogP contribution in [0.3, 0.4) is 0 Å². The molecule has 1 aromatic heterocycles. The highest BCUT2D eigenvalue weighted by Crippen LogP contribution is 2.28. The molecule has 1 heterocycles. The van der Waals surface area contributed by atoms with Crippen LogP contribution in [0, 0.1) is 6.92 Å². The summed E-state index contributed by atoms with van der Waals surface area (Å²) in [6.45, 7) is 10.3. The Balaban J connectivity index is 2.19. The summed E-state index contributed by atoms with van der Waals surface area (Å²) in [5.41, 5.74) is 3.55. The van der Waals surface area contributed by atoms with Crippen LogP contribution in [0.5, 0.6) is 11.5 Å². The summed E-state index contributed by atoms with van der Waals surface area (Å²) in [6, 6.07) is 8.43. The van der Waals surface area contributed by atoms with Gasteiger partial charge < -0.3 is 10.1 Å². The highest BCUT2D eigenvalue weighted by atomic mass is 16.5. The zero-order valence-corrected chi connectivity index (χ0v) is 13.3. The van der Waals surface area contributed by atoms with Gasteiger partial charge in [0.1, 0.15) is 11.5 Å². The van der Waals surface area contributed by atoms with Gasteiger partial charge in [0, 0.05) is 12.7 Å². The van der Waals surface area contributed by atoms with E-state index in [0.29, 0.717) is 5.92 Å². The second-order valence-electron chi connectivity index (χ2n) is 5.59. The normalized spacial score (nSPS) is 10.9. The number of nitrogens with zero attached hydrogens (tertiary/aromatic N) is 1. The largest absolute Gasteiger partial charge is 0.455 e. The van der Waals surface area contributed by atoms with Gasteiger partial charge in [-0.1, -0.05) is 32.9 Å². The first-order valence-electron chi connectivity index (χ1n) is 7.53. The van der Waals surface area contributed by atoms with Gasteiger partial charge in [0.25, 0.3) is 0 Å². The summed E-state index contributed by atoms with van der Waals surface area (Å²) in [4.78, 5) is 4.26. The van der Waals surface area contributed by atoms with Crippen LogP contribution in [0.25, 0.3) is 0 Å². The van der Waals surface area contributed by atoms with Crippen LogP contribution in [0.15, 0.2) is 36.7 Å². The lowest BCUT2D eigenvalue weighted by Gasteiger charge is -2.13. The second-order valence-corrected chi connectivity index (χ2v) is 5.59. The van der Waals surface area contributed by atoms with E-state index in [4.69, 9.17) is 4.74 Å². The van der Waals surface area contributed by atoms with Crippen molar-refractivity contribution in [2.45, 2.75) is 40.2 Å². The Bertz CT molecular complexity index is 594. The van der Waals surface area contributed by atoms with Crippen molar-refractivity contribution in [2.75, 3.05) is 6.54 Å². The predicted octanol–water partition coefficient (Wildman–Crippen LogP) is 4.42. The molecule has 0 atom stereocenters. The topological polar surface area (TPSA) is 34.2 Å². The van der Waals surface area contributed by atoms with Crippen molar-refractivity contribution < 1.29 is 4.74 Å². The van der Waals surface area contributed by atoms with E-state index in [9.17, 15) is 0 Å². The van der Waals surface area contributed by atoms with Gasteiger partial charge in [-0.15, -0.1) is 0 Å². The summed E-state index contributed by atoms with van der Waals surface area (Å²) in [5.74, 6) is 2.18. The number of nitrogens with one attached hydrogen (secondary N) is 1. The highest BCUT2D eigenvalue weighted by molar-refractivity contribution is 5.41. The van der Waals surface area contributed by atoms with Gasteiger partial charge in [-0.25, -0.2) is 0 Å². The molecule has 0 aliphatic rings. The Kier molecular flexibility index (Phi) is 5.34. The summed E-state index contributed by atoms with van der Waals surface area (Å²) >= 11 is 0. The van der Waals surface area contributed by atoms with Crippen molar-refractivity contribution in [3.63, 3.8) is 0 Å². The minimum atomic E-state index is 0.492. The molecule has 0 saturated heterocycles. The molecule has 2 aromatic rings. The molecule has 21 heavy (non-hydrogen) atoms. The molecule has 3 nitrogen and oxygen atoms in total. The minimum Gasteiger partial charge on any atom is -0.455 e. The fourth-order valence-corrected chi connectivity index (χ4v) is 2.10. The molecule has 0 unspecified atom stereocenters. The van der Waals surface area contributed by atoms with Crippen molar-refractivity contribution in [1.29, 1.82) is 0 Å². The molecule has 0 fully saturated rings. The van der Waals surface area contributed by atoms with Crippen LogP contribution in [-0.4, -0.2) is 11.5 Å². The van der Waals surface area contributed by atoms with E-state index in [1.165, 1.54) is 5.56 Å². The number of rotatable bonds is 6. The zero-order valence-electron chi connectivity index (χ0n) is 13.3. The van der Waals surface area contributed by atoms with Crippen LogP contribution in [0.4, 0.5) is 0 Å². The van der Waals surface area contributed by atoms with Gasteiger partial charge in [0.2, 0.25) is 0 Å².